The Labute approximate surface area is 108 Å². The predicted octanol–water partition coefficient (Wildman–Crippen LogP) is 3.19. The lowest BCUT2D eigenvalue weighted by Gasteiger charge is -2.24. The molecule has 1 aromatic carbocycles. The highest BCUT2D eigenvalue weighted by Crippen LogP contribution is 2.23. The standard InChI is InChI=1S/C14H21NOS/c1-11(13-3-2-4-14(16)9-13)15-10-12-5-7-17-8-6-12/h2-4,9,11-12,15-16H,5-8,10H2,1H3. The number of rotatable bonds is 4. The highest BCUT2D eigenvalue weighted by Gasteiger charge is 2.14. The zero-order valence-corrected chi connectivity index (χ0v) is 11.2. The molecule has 0 spiro atoms. The van der Waals surface area contributed by atoms with Gasteiger partial charge in [0.2, 0.25) is 0 Å². The highest BCUT2D eigenvalue weighted by atomic mass is 32.2. The summed E-state index contributed by atoms with van der Waals surface area (Å²) in [5, 5.41) is 13.0. The number of aromatic hydroxyl groups is 1. The summed E-state index contributed by atoms with van der Waals surface area (Å²) < 4.78 is 0. The zero-order chi connectivity index (χ0) is 12.1. The smallest absolute Gasteiger partial charge is 0.115 e. The van der Waals surface area contributed by atoms with Crippen molar-refractivity contribution in [3.63, 3.8) is 0 Å². The molecule has 1 atom stereocenters. The van der Waals surface area contributed by atoms with E-state index in [4.69, 9.17) is 0 Å². The average Bonchev–Trinajstić information content (AvgIpc) is 2.37. The summed E-state index contributed by atoms with van der Waals surface area (Å²) in [4.78, 5) is 0. The van der Waals surface area contributed by atoms with Gasteiger partial charge in [-0.1, -0.05) is 12.1 Å². The molecule has 1 aromatic rings. The molecule has 1 saturated heterocycles. The maximum absolute atomic E-state index is 9.45. The average molecular weight is 251 g/mol. The summed E-state index contributed by atoms with van der Waals surface area (Å²) in [6.07, 6.45) is 2.68. The summed E-state index contributed by atoms with van der Waals surface area (Å²) in [5.41, 5.74) is 1.16. The van der Waals surface area contributed by atoms with Crippen molar-refractivity contribution >= 4 is 11.8 Å². The monoisotopic (exact) mass is 251 g/mol. The number of phenolic OH excluding ortho intramolecular Hbond substituents is 1. The van der Waals surface area contributed by atoms with Gasteiger partial charge in [0.15, 0.2) is 0 Å². The van der Waals surface area contributed by atoms with Crippen LogP contribution in [0.2, 0.25) is 0 Å². The molecule has 94 valence electrons. The molecule has 0 saturated carbocycles. The summed E-state index contributed by atoms with van der Waals surface area (Å²) in [5.74, 6) is 3.81. The predicted molar refractivity (Wildman–Crippen MR) is 74.6 cm³/mol. The second kappa shape index (κ2) is 6.31. The minimum Gasteiger partial charge on any atom is -0.508 e. The van der Waals surface area contributed by atoms with Gasteiger partial charge < -0.3 is 10.4 Å². The largest absolute Gasteiger partial charge is 0.508 e. The lowest BCUT2D eigenvalue weighted by molar-refractivity contribution is 0.419. The maximum atomic E-state index is 9.45. The van der Waals surface area contributed by atoms with Crippen molar-refractivity contribution in [2.75, 3.05) is 18.1 Å². The molecule has 1 heterocycles. The molecular weight excluding hydrogens is 230 g/mol. The Hall–Kier alpha value is -0.670. The number of hydrogen-bond acceptors (Lipinski definition) is 3. The summed E-state index contributed by atoms with van der Waals surface area (Å²) >= 11 is 2.07. The fourth-order valence-corrected chi connectivity index (χ4v) is 3.41. The van der Waals surface area contributed by atoms with Crippen molar-refractivity contribution in [1.29, 1.82) is 0 Å². The van der Waals surface area contributed by atoms with Gasteiger partial charge >= 0.3 is 0 Å². The van der Waals surface area contributed by atoms with Gasteiger partial charge in [-0.05, 0) is 61.4 Å². The van der Waals surface area contributed by atoms with Crippen molar-refractivity contribution in [2.45, 2.75) is 25.8 Å². The Morgan fingerprint density at radius 1 is 1.41 bits per heavy atom. The van der Waals surface area contributed by atoms with Gasteiger partial charge in [0.25, 0.3) is 0 Å². The molecule has 0 aliphatic carbocycles. The Morgan fingerprint density at radius 2 is 2.18 bits per heavy atom. The fourth-order valence-electron chi connectivity index (χ4n) is 2.21. The minimum absolute atomic E-state index is 0.316. The molecule has 0 aromatic heterocycles. The van der Waals surface area contributed by atoms with Crippen LogP contribution in [0, 0.1) is 5.92 Å². The van der Waals surface area contributed by atoms with Crippen LogP contribution in [0.4, 0.5) is 0 Å². The molecule has 3 heteroatoms. The second-order valence-corrected chi connectivity index (χ2v) is 6.01. The van der Waals surface area contributed by atoms with E-state index in [0.717, 1.165) is 18.0 Å². The molecule has 1 aliphatic heterocycles. The van der Waals surface area contributed by atoms with E-state index in [0.29, 0.717) is 11.8 Å². The normalized spacial score (nSPS) is 19.1. The van der Waals surface area contributed by atoms with Gasteiger partial charge in [-0.15, -0.1) is 0 Å². The summed E-state index contributed by atoms with van der Waals surface area (Å²) in [7, 11) is 0. The topological polar surface area (TPSA) is 32.3 Å². The van der Waals surface area contributed by atoms with E-state index in [1.54, 1.807) is 6.07 Å². The van der Waals surface area contributed by atoms with Crippen molar-refractivity contribution in [3.05, 3.63) is 29.8 Å². The van der Waals surface area contributed by atoms with Gasteiger partial charge in [0.1, 0.15) is 5.75 Å². The quantitative estimate of drug-likeness (QED) is 0.862. The Morgan fingerprint density at radius 3 is 2.88 bits per heavy atom. The van der Waals surface area contributed by atoms with E-state index in [9.17, 15) is 5.11 Å². The molecule has 0 bridgehead atoms. The van der Waals surface area contributed by atoms with Crippen LogP contribution in [-0.4, -0.2) is 23.2 Å². The van der Waals surface area contributed by atoms with Crippen molar-refractivity contribution < 1.29 is 5.11 Å². The van der Waals surface area contributed by atoms with Crippen LogP contribution in [-0.2, 0) is 0 Å². The molecular formula is C14H21NOS. The van der Waals surface area contributed by atoms with Gasteiger partial charge in [-0.2, -0.15) is 11.8 Å². The number of nitrogens with one attached hydrogen (secondary N) is 1. The SMILES string of the molecule is CC(NCC1CCSCC1)c1cccc(O)c1. The number of phenols is 1. The molecule has 2 nitrogen and oxygen atoms in total. The van der Waals surface area contributed by atoms with E-state index in [2.05, 4.69) is 30.1 Å². The van der Waals surface area contributed by atoms with Crippen molar-refractivity contribution in [2.24, 2.45) is 5.92 Å². The van der Waals surface area contributed by atoms with Crippen LogP contribution in [0.1, 0.15) is 31.4 Å². The molecule has 2 N–H and O–H groups in total. The number of hydrogen-bond donors (Lipinski definition) is 2. The fraction of sp³-hybridized carbons (Fsp3) is 0.571. The number of benzene rings is 1. The second-order valence-electron chi connectivity index (χ2n) is 4.78. The molecule has 2 rings (SSSR count). The van der Waals surface area contributed by atoms with Crippen LogP contribution >= 0.6 is 11.8 Å². The van der Waals surface area contributed by atoms with E-state index >= 15 is 0 Å². The summed E-state index contributed by atoms with van der Waals surface area (Å²) in [6.45, 7) is 3.25. The first-order valence-electron chi connectivity index (χ1n) is 6.36. The van der Waals surface area contributed by atoms with Crippen LogP contribution in [0.5, 0.6) is 5.75 Å². The van der Waals surface area contributed by atoms with Gasteiger partial charge in [0, 0.05) is 6.04 Å². The Bertz CT molecular complexity index is 350. The molecule has 17 heavy (non-hydrogen) atoms. The lowest BCUT2D eigenvalue weighted by atomic mass is 10.0. The first kappa shape index (κ1) is 12.8. The van der Waals surface area contributed by atoms with E-state index in [1.807, 2.05) is 12.1 Å². The lowest BCUT2D eigenvalue weighted by Crippen LogP contribution is -2.27. The first-order valence-corrected chi connectivity index (χ1v) is 7.51. The third-order valence-electron chi connectivity index (χ3n) is 3.42. The van der Waals surface area contributed by atoms with Crippen LogP contribution in [0.25, 0.3) is 0 Å². The van der Waals surface area contributed by atoms with Crippen molar-refractivity contribution in [1.82, 2.24) is 5.32 Å². The maximum Gasteiger partial charge on any atom is 0.115 e. The highest BCUT2D eigenvalue weighted by molar-refractivity contribution is 7.99. The molecule has 1 fully saturated rings. The van der Waals surface area contributed by atoms with E-state index in [-0.39, 0.29) is 0 Å². The minimum atomic E-state index is 0.316. The van der Waals surface area contributed by atoms with Gasteiger partial charge in [-0.25, -0.2) is 0 Å². The summed E-state index contributed by atoms with van der Waals surface area (Å²) in [6, 6.07) is 7.84. The van der Waals surface area contributed by atoms with Gasteiger partial charge in [-0.3, -0.25) is 0 Å². The molecule has 1 aliphatic rings. The van der Waals surface area contributed by atoms with Crippen LogP contribution in [0.3, 0.4) is 0 Å². The van der Waals surface area contributed by atoms with Crippen molar-refractivity contribution in [3.8, 4) is 5.75 Å². The van der Waals surface area contributed by atoms with Crippen LogP contribution in [0.15, 0.2) is 24.3 Å². The Balaban J connectivity index is 1.82. The third kappa shape index (κ3) is 3.93. The van der Waals surface area contributed by atoms with E-state index in [1.165, 1.54) is 24.3 Å². The molecule has 0 radical (unpaired) electrons. The van der Waals surface area contributed by atoms with E-state index < -0.39 is 0 Å². The molecule has 1 unspecified atom stereocenters. The van der Waals surface area contributed by atoms with Gasteiger partial charge in [0.05, 0.1) is 0 Å². The first-order chi connectivity index (χ1) is 8.25. The third-order valence-corrected chi connectivity index (χ3v) is 4.47. The molecule has 0 amide bonds. The Kier molecular flexibility index (Phi) is 4.75. The number of thioether (sulfide) groups is 1. The zero-order valence-electron chi connectivity index (χ0n) is 10.4. The van der Waals surface area contributed by atoms with Crippen LogP contribution < -0.4 is 5.32 Å².